The molecule has 0 N–H and O–H groups in total. The van der Waals surface area contributed by atoms with Crippen molar-refractivity contribution in [2.75, 3.05) is 38.2 Å². The number of nitro groups is 1. The number of nitrogens with zero attached hydrogens (tertiary/aromatic N) is 3. The zero-order chi connectivity index (χ0) is 15.7. The lowest BCUT2D eigenvalue weighted by atomic mass is 10.2. The van der Waals surface area contributed by atoms with Gasteiger partial charge in [-0.3, -0.25) is 10.1 Å². The van der Waals surface area contributed by atoms with Crippen LogP contribution in [-0.2, 0) is 11.4 Å². The van der Waals surface area contributed by atoms with Gasteiger partial charge in [-0.1, -0.05) is 6.07 Å². The molecule has 1 aliphatic heterocycles. The first-order valence-electron chi connectivity index (χ1n) is 7.34. The molecule has 22 heavy (non-hydrogen) atoms. The lowest BCUT2D eigenvalue weighted by Gasteiger charge is -2.36. The van der Waals surface area contributed by atoms with E-state index < -0.39 is 16.3 Å². The van der Waals surface area contributed by atoms with Gasteiger partial charge in [-0.25, -0.2) is 0 Å². The number of rotatable bonds is 5. The van der Waals surface area contributed by atoms with Gasteiger partial charge in [-0.15, -0.1) is 4.31 Å². The Labute approximate surface area is 132 Å². The monoisotopic (exact) mass is 325 g/mol. The molecule has 1 aromatic carbocycles. The lowest BCUT2D eigenvalue weighted by molar-refractivity contribution is -0.385. The predicted octanol–water partition coefficient (Wildman–Crippen LogP) is 1.55. The number of benzene rings is 1. The van der Waals surface area contributed by atoms with Crippen LogP contribution in [-0.4, -0.2) is 52.3 Å². The van der Waals surface area contributed by atoms with Crippen molar-refractivity contribution in [2.45, 2.75) is 18.1 Å². The molecule has 0 bridgehead atoms. The van der Waals surface area contributed by atoms with E-state index in [4.69, 9.17) is 4.74 Å². The molecule has 1 aliphatic carbocycles. The third kappa shape index (κ3) is 2.99. The SMILES string of the molecule is COc1c(N2CCN([S+]([O-])C3CC3)CC2)cccc1[N+](=O)[O-]. The fourth-order valence-corrected chi connectivity index (χ4v) is 4.19. The van der Waals surface area contributed by atoms with Gasteiger partial charge in [-0.2, -0.15) is 0 Å². The van der Waals surface area contributed by atoms with E-state index in [0.717, 1.165) is 18.5 Å². The predicted molar refractivity (Wildman–Crippen MR) is 84.6 cm³/mol. The van der Waals surface area contributed by atoms with Gasteiger partial charge in [-0.05, 0) is 6.07 Å². The molecule has 1 atom stereocenters. The first-order chi connectivity index (χ1) is 10.6. The average Bonchev–Trinajstić information content (AvgIpc) is 3.38. The van der Waals surface area contributed by atoms with Crippen molar-refractivity contribution >= 4 is 22.7 Å². The highest BCUT2D eigenvalue weighted by molar-refractivity contribution is 7.90. The molecule has 1 aromatic rings. The molecule has 0 aromatic heterocycles. The fraction of sp³-hybridized carbons (Fsp3) is 0.571. The highest BCUT2D eigenvalue weighted by Gasteiger charge is 2.40. The smallest absolute Gasteiger partial charge is 0.313 e. The number of methoxy groups -OCH3 is 1. The van der Waals surface area contributed by atoms with E-state index in [1.165, 1.54) is 13.2 Å². The number of hydrogen-bond donors (Lipinski definition) is 0. The van der Waals surface area contributed by atoms with Gasteiger partial charge in [0, 0.05) is 43.4 Å². The van der Waals surface area contributed by atoms with Crippen molar-refractivity contribution in [1.29, 1.82) is 0 Å². The Morgan fingerprint density at radius 2 is 1.95 bits per heavy atom. The Morgan fingerprint density at radius 1 is 1.27 bits per heavy atom. The summed E-state index contributed by atoms with van der Waals surface area (Å²) >= 11 is -0.870. The van der Waals surface area contributed by atoms with E-state index in [0.29, 0.717) is 37.2 Å². The molecule has 2 fully saturated rings. The number of nitro benzene ring substituents is 1. The third-order valence-electron chi connectivity index (χ3n) is 4.02. The van der Waals surface area contributed by atoms with Crippen LogP contribution in [0.3, 0.4) is 0 Å². The maximum atomic E-state index is 12.2. The van der Waals surface area contributed by atoms with Gasteiger partial charge >= 0.3 is 5.69 Å². The van der Waals surface area contributed by atoms with Gasteiger partial charge in [0.1, 0.15) is 5.25 Å². The summed E-state index contributed by atoms with van der Waals surface area (Å²) in [5.74, 6) is 0.296. The summed E-state index contributed by atoms with van der Waals surface area (Å²) in [5.41, 5.74) is 0.706. The summed E-state index contributed by atoms with van der Waals surface area (Å²) in [4.78, 5) is 12.7. The zero-order valence-corrected chi connectivity index (χ0v) is 13.3. The molecule has 2 aliphatic rings. The van der Waals surface area contributed by atoms with Crippen LogP contribution in [0.1, 0.15) is 12.8 Å². The molecular formula is C14H19N3O4S. The first kappa shape index (κ1) is 15.4. The summed E-state index contributed by atoms with van der Waals surface area (Å²) < 4.78 is 19.4. The summed E-state index contributed by atoms with van der Waals surface area (Å²) in [6.07, 6.45) is 2.12. The molecule has 8 heteroatoms. The molecule has 1 saturated carbocycles. The van der Waals surface area contributed by atoms with Crippen molar-refractivity contribution in [3.8, 4) is 5.75 Å². The van der Waals surface area contributed by atoms with Gasteiger partial charge in [0.05, 0.1) is 30.8 Å². The molecule has 1 saturated heterocycles. The van der Waals surface area contributed by atoms with Crippen molar-refractivity contribution in [3.05, 3.63) is 28.3 Å². The highest BCUT2D eigenvalue weighted by atomic mass is 32.2. The van der Waals surface area contributed by atoms with Crippen molar-refractivity contribution in [1.82, 2.24) is 4.31 Å². The van der Waals surface area contributed by atoms with Gasteiger partial charge < -0.3 is 14.2 Å². The van der Waals surface area contributed by atoms with E-state index in [2.05, 4.69) is 4.90 Å². The van der Waals surface area contributed by atoms with Gasteiger partial charge in [0.15, 0.2) is 0 Å². The second-order valence-electron chi connectivity index (χ2n) is 5.48. The van der Waals surface area contributed by atoms with E-state index in [1.807, 2.05) is 10.4 Å². The normalized spacial score (nSPS) is 20.7. The van der Waals surface area contributed by atoms with Gasteiger partial charge in [0.2, 0.25) is 5.75 Å². The van der Waals surface area contributed by atoms with E-state index in [-0.39, 0.29) is 5.69 Å². The number of piperazine rings is 1. The Morgan fingerprint density at radius 3 is 2.50 bits per heavy atom. The van der Waals surface area contributed by atoms with Crippen LogP contribution in [0.2, 0.25) is 0 Å². The Balaban J connectivity index is 1.73. The fourth-order valence-electron chi connectivity index (χ4n) is 2.70. The van der Waals surface area contributed by atoms with Crippen LogP contribution in [0.4, 0.5) is 11.4 Å². The minimum Gasteiger partial charge on any atom is -0.598 e. The zero-order valence-electron chi connectivity index (χ0n) is 12.4. The van der Waals surface area contributed by atoms with Crippen LogP contribution < -0.4 is 9.64 Å². The minimum atomic E-state index is -0.870. The van der Waals surface area contributed by atoms with E-state index in [9.17, 15) is 14.7 Å². The van der Waals surface area contributed by atoms with Crippen LogP contribution in [0.5, 0.6) is 5.75 Å². The molecule has 0 amide bonds. The molecule has 7 nitrogen and oxygen atoms in total. The first-order valence-corrected chi connectivity index (χ1v) is 8.50. The van der Waals surface area contributed by atoms with Crippen LogP contribution >= 0.6 is 0 Å². The van der Waals surface area contributed by atoms with Crippen LogP contribution in [0.15, 0.2) is 18.2 Å². The Kier molecular flexibility index (Phi) is 4.42. The number of para-hydroxylation sites is 1. The van der Waals surface area contributed by atoms with Crippen molar-refractivity contribution in [3.63, 3.8) is 0 Å². The number of ether oxygens (including phenoxy) is 1. The van der Waals surface area contributed by atoms with E-state index >= 15 is 0 Å². The molecule has 1 unspecified atom stereocenters. The largest absolute Gasteiger partial charge is 0.598 e. The molecule has 0 radical (unpaired) electrons. The second kappa shape index (κ2) is 6.31. The third-order valence-corrected chi connectivity index (χ3v) is 5.93. The highest BCUT2D eigenvalue weighted by Crippen LogP contribution is 2.38. The molecular weight excluding hydrogens is 306 g/mol. The second-order valence-corrected chi connectivity index (χ2v) is 7.21. The lowest BCUT2D eigenvalue weighted by Crippen LogP contribution is -2.49. The van der Waals surface area contributed by atoms with Crippen molar-refractivity contribution in [2.24, 2.45) is 0 Å². The van der Waals surface area contributed by atoms with Crippen LogP contribution in [0, 0.1) is 10.1 Å². The Bertz CT molecular complexity index is 559. The van der Waals surface area contributed by atoms with Crippen LogP contribution in [0.25, 0.3) is 0 Å². The molecule has 1 heterocycles. The number of anilines is 1. The minimum absolute atomic E-state index is 0.0241. The Hall–Kier alpha value is -1.51. The maximum absolute atomic E-state index is 12.2. The van der Waals surface area contributed by atoms with Gasteiger partial charge in [0.25, 0.3) is 0 Å². The number of hydrogen-bond acceptors (Lipinski definition) is 6. The quantitative estimate of drug-likeness (QED) is 0.464. The average molecular weight is 325 g/mol. The summed E-state index contributed by atoms with van der Waals surface area (Å²) in [6, 6.07) is 4.95. The maximum Gasteiger partial charge on any atom is 0.313 e. The standard InChI is InChI=1S/C14H19N3O4S/c1-21-14-12(3-2-4-13(14)17(18)19)15-7-9-16(10-8-15)22(20)11-5-6-11/h2-4,11H,5-10H2,1H3. The van der Waals surface area contributed by atoms with Crippen molar-refractivity contribution < 1.29 is 14.2 Å². The summed E-state index contributed by atoms with van der Waals surface area (Å²) in [5, 5.41) is 11.4. The summed E-state index contributed by atoms with van der Waals surface area (Å²) in [6.45, 7) is 2.79. The van der Waals surface area contributed by atoms with E-state index in [1.54, 1.807) is 6.07 Å². The molecule has 0 spiro atoms. The summed E-state index contributed by atoms with van der Waals surface area (Å²) in [7, 11) is 1.45. The topological polar surface area (TPSA) is 81.9 Å². The molecule has 120 valence electrons. The molecule has 3 rings (SSSR count).